The van der Waals surface area contributed by atoms with Gasteiger partial charge in [0.15, 0.2) is 17.2 Å². The van der Waals surface area contributed by atoms with E-state index in [2.05, 4.69) is 32.6 Å². The predicted molar refractivity (Wildman–Crippen MR) is 159 cm³/mol. The zero-order valence-electron chi connectivity index (χ0n) is 24.4. The SMILES string of the molecule is CN1CCN(Cc2ccc(C(=O)Nc3nn(C(=O)OCCF)c4cc(C(=O)NC(C)(C)c5ccccc5)oc34)cc2)CC1. The van der Waals surface area contributed by atoms with Crippen molar-refractivity contribution in [1.82, 2.24) is 24.9 Å². The van der Waals surface area contributed by atoms with E-state index in [0.29, 0.717) is 5.56 Å². The summed E-state index contributed by atoms with van der Waals surface area (Å²) >= 11 is 0. The number of fused-ring (bicyclic) bond motifs is 1. The first-order valence-electron chi connectivity index (χ1n) is 14.1. The number of benzene rings is 2. The molecule has 0 radical (unpaired) electrons. The summed E-state index contributed by atoms with van der Waals surface area (Å²) in [6.45, 7) is 7.14. The van der Waals surface area contributed by atoms with Gasteiger partial charge in [-0.2, -0.15) is 4.68 Å². The van der Waals surface area contributed by atoms with Gasteiger partial charge in [0.25, 0.3) is 11.8 Å². The summed E-state index contributed by atoms with van der Waals surface area (Å²) in [5.74, 6) is -1.21. The monoisotopic (exact) mass is 590 g/mol. The summed E-state index contributed by atoms with van der Waals surface area (Å²) in [5, 5.41) is 9.74. The molecule has 0 aliphatic carbocycles. The van der Waals surface area contributed by atoms with Gasteiger partial charge in [-0.3, -0.25) is 14.5 Å². The Balaban J connectivity index is 1.36. The maximum absolute atomic E-state index is 13.2. The molecule has 226 valence electrons. The highest BCUT2D eigenvalue weighted by molar-refractivity contribution is 6.08. The Morgan fingerprint density at radius 3 is 2.37 bits per heavy atom. The number of nitrogens with zero attached hydrogens (tertiary/aromatic N) is 4. The van der Waals surface area contributed by atoms with Crippen molar-refractivity contribution in [1.29, 1.82) is 0 Å². The van der Waals surface area contributed by atoms with Crippen molar-refractivity contribution in [2.75, 3.05) is 51.8 Å². The molecule has 2 N–H and O–H groups in total. The Kier molecular flexibility index (Phi) is 8.88. The first kappa shape index (κ1) is 29.9. The fourth-order valence-corrected chi connectivity index (χ4v) is 4.91. The summed E-state index contributed by atoms with van der Waals surface area (Å²) in [7, 11) is 2.11. The molecule has 2 aromatic carbocycles. The third kappa shape index (κ3) is 6.92. The van der Waals surface area contributed by atoms with Crippen LogP contribution in [-0.4, -0.2) is 84.0 Å². The van der Waals surface area contributed by atoms with Gasteiger partial charge in [0.05, 0.1) is 5.54 Å². The van der Waals surface area contributed by atoms with Crippen LogP contribution in [0.15, 0.2) is 65.1 Å². The number of hydrogen-bond donors (Lipinski definition) is 2. The molecular weight excluding hydrogens is 555 g/mol. The van der Waals surface area contributed by atoms with E-state index in [1.165, 1.54) is 6.07 Å². The minimum atomic E-state index is -0.978. The molecule has 5 rings (SSSR count). The van der Waals surface area contributed by atoms with Crippen LogP contribution in [0.5, 0.6) is 0 Å². The van der Waals surface area contributed by atoms with Crippen LogP contribution >= 0.6 is 0 Å². The van der Waals surface area contributed by atoms with Gasteiger partial charge in [0, 0.05) is 44.4 Å². The van der Waals surface area contributed by atoms with Crippen LogP contribution in [0.3, 0.4) is 0 Å². The average molecular weight is 591 g/mol. The van der Waals surface area contributed by atoms with Gasteiger partial charge in [-0.15, -0.1) is 5.10 Å². The van der Waals surface area contributed by atoms with Crippen molar-refractivity contribution >= 4 is 34.8 Å². The number of halogens is 1. The van der Waals surface area contributed by atoms with Crippen molar-refractivity contribution in [2.45, 2.75) is 25.9 Å². The molecule has 0 atom stereocenters. The number of nitrogens with one attached hydrogen (secondary N) is 2. The van der Waals surface area contributed by atoms with E-state index >= 15 is 0 Å². The van der Waals surface area contributed by atoms with E-state index in [1.807, 2.05) is 56.3 Å². The summed E-state index contributed by atoms with van der Waals surface area (Å²) in [5.41, 5.74) is 1.69. The minimum absolute atomic E-state index is 0.0000904. The zero-order valence-corrected chi connectivity index (χ0v) is 24.4. The smallest absolute Gasteiger partial charge is 0.435 e. The molecule has 11 nitrogen and oxygen atoms in total. The summed E-state index contributed by atoms with van der Waals surface area (Å²) in [4.78, 5) is 43.7. The van der Waals surface area contributed by atoms with E-state index in [4.69, 9.17) is 9.15 Å². The number of anilines is 1. The maximum Gasteiger partial charge on any atom is 0.435 e. The second-order valence-corrected chi connectivity index (χ2v) is 11.1. The molecule has 0 bridgehead atoms. The van der Waals surface area contributed by atoms with Gasteiger partial charge in [-0.05, 0) is 44.2 Å². The molecular formula is C31H35FN6O5. The number of amides is 2. The van der Waals surface area contributed by atoms with Crippen LogP contribution in [-0.2, 0) is 16.8 Å². The number of furan rings is 1. The Hall–Kier alpha value is -4.55. The largest absolute Gasteiger partial charge is 0.445 e. The van der Waals surface area contributed by atoms with Crippen molar-refractivity contribution < 1.29 is 27.9 Å². The van der Waals surface area contributed by atoms with Gasteiger partial charge in [0.1, 0.15) is 18.8 Å². The number of carbonyl (C=O) groups is 3. The highest BCUT2D eigenvalue weighted by Crippen LogP contribution is 2.29. The summed E-state index contributed by atoms with van der Waals surface area (Å²) in [6.07, 6.45) is -0.978. The zero-order chi connectivity index (χ0) is 30.6. The highest BCUT2D eigenvalue weighted by Gasteiger charge is 2.28. The molecule has 0 spiro atoms. The Morgan fingerprint density at radius 2 is 1.70 bits per heavy atom. The topological polar surface area (TPSA) is 122 Å². The third-order valence-electron chi connectivity index (χ3n) is 7.43. The molecule has 1 aliphatic heterocycles. The number of aromatic nitrogens is 2. The van der Waals surface area contributed by atoms with Crippen LogP contribution in [0, 0.1) is 0 Å². The quantitative estimate of drug-likeness (QED) is 0.297. The molecule has 4 aromatic rings. The van der Waals surface area contributed by atoms with Crippen molar-refractivity contribution in [3.05, 3.63) is 83.1 Å². The van der Waals surface area contributed by atoms with Crippen molar-refractivity contribution in [2.24, 2.45) is 0 Å². The van der Waals surface area contributed by atoms with E-state index < -0.39 is 36.7 Å². The lowest BCUT2D eigenvalue weighted by Gasteiger charge is -2.32. The van der Waals surface area contributed by atoms with Crippen molar-refractivity contribution in [3.63, 3.8) is 0 Å². The number of rotatable bonds is 9. The van der Waals surface area contributed by atoms with Crippen LogP contribution in [0.25, 0.3) is 11.1 Å². The van der Waals surface area contributed by atoms with Crippen LogP contribution < -0.4 is 10.6 Å². The number of ether oxygens (including phenoxy) is 1. The summed E-state index contributed by atoms with van der Waals surface area (Å²) < 4.78 is 24.3. The third-order valence-corrected chi connectivity index (χ3v) is 7.43. The van der Waals surface area contributed by atoms with Gasteiger partial charge < -0.3 is 24.7 Å². The molecule has 43 heavy (non-hydrogen) atoms. The molecule has 2 aromatic heterocycles. The Morgan fingerprint density at radius 1 is 1.00 bits per heavy atom. The molecule has 0 saturated carbocycles. The van der Waals surface area contributed by atoms with E-state index in [1.54, 1.807) is 12.1 Å². The van der Waals surface area contributed by atoms with Crippen molar-refractivity contribution in [3.8, 4) is 0 Å². The van der Waals surface area contributed by atoms with Gasteiger partial charge in [0.2, 0.25) is 0 Å². The number of hydrogen-bond acceptors (Lipinski definition) is 8. The van der Waals surface area contributed by atoms with E-state index in [0.717, 1.165) is 48.5 Å². The minimum Gasteiger partial charge on any atom is -0.445 e. The number of alkyl halides is 1. The molecule has 12 heteroatoms. The molecule has 2 amide bonds. The average Bonchev–Trinajstić information content (AvgIpc) is 3.58. The van der Waals surface area contributed by atoms with Crippen LogP contribution in [0.4, 0.5) is 15.0 Å². The first-order valence-corrected chi connectivity index (χ1v) is 14.1. The first-order chi connectivity index (χ1) is 20.6. The van der Waals surface area contributed by atoms with Gasteiger partial charge in [-0.25, -0.2) is 9.18 Å². The fraction of sp³-hybridized carbons (Fsp3) is 0.355. The molecule has 1 fully saturated rings. The molecule has 3 heterocycles. The van der Waals surface area contributed by atoms with Gasteiger partial charge >= 0.3 is 6.09 Å². The Bertz CT molecular complexity index is 1590. The fourth-order valence-electron chi connectivity index (χ4n) is 4.91. The number of piperazine rings is 1. The standard InChI is InChI=1S/C31H35FN6O5/c1-31(2,23-7-5-4-6-8-23)34-29(40)25-19-24-26(43-25)27(35-38(24)30(41)42-18-13-32)33-28(39)22-11-9-21(10-12-22)20-37-16-14-36(3)15-17-37/h4-12,19H,13-18,20H2,1-3H3,(H,34,40)(H,33,35,39). The van der Waals surface area contributed by atoms with Crippen LogP contribution in [0.1, 0.15) is 45.9 Å². The van der Waals surface area contributed by atoms with E-state index in [-0.39, 0.29) is 22.7 Å². The molecule has 1 aliphatic rings. The lowest BCUT2D eigenvalue weighted by Crippen LogP contribution is -2.43. The second-order valence-electron chi connectivity index (χ2n) is 11.1. The number of likely N-dealkylation sites (N-methyl/N-ethyl adjacent to an activating group) is 1. The lowest BCUT2D eigenvalue weighted by molar-refractivity contribution is 0.0885. The molecule has 1 saturated heterocycles. The second kappa shape index (κ2) is 12.8. The maximum atomic E-state index is 13.2. The number of carbonyl (C=O) groups excluding carboxylic acids is 3. The normalized spacial score (nSPS) is 14.5. The highest BCUT2D eigenvalue weighted by atomic mass is 19.1. The van der Waals surface area contributed by atoms with E-state index in [9.17, 15) is 18.8 Å². The van der Waals surface area contributed by atoms with Gasteiger partial charge in [-0.1, -0.05) is 42.5 Å². The Labute approximate surface area is 248 Å². The lowest BCUT2D eigenvalue weighted by atomic mass is 9.94. The van der Waals surface area contributed by atoms with Crippen LogP contribution in [0.2, 0.25) is 0 Å². The molecule has 0 unspecified atom stereocenters. The summed E-state index contributed by atoms with van der Waals surface area (Å²) in [6, 6.07) is 18.0. The predicted octanol–water partition coefficient (Wildman–Crippen LogP) is 4.25.